The fourth-order valence-electron chi connectivity index (χ4n) is 4.38. The molecule has 3 heterocycles. The van der Waals surface area contributed by atoms with Crippen LogP contribution in [0.5, 0.6) is 5.75 Å². The number of carbonyl (C=O) groups is 1. The van der Waals surface area contributed by atoms with E-state index in [4.69, 9.17) is 9.47 Å². The summed E-state index contributed by atoms with van der Waals surface area (Å²) in [6.07, 6.45) is 4.17. The lowest BCUT2D eigenvalue weighted by atomic mass is 9.89. The average Bonchev–Trinajstić information content (AvgIpc) is 2.99. The molecule has 1 aromatic carbocycles. The molecule has 0 saturated carbocycles. The summed E-state index contributed by atoms with van der Waals surface area (Å²) in [5.74, 6) is 0.838. The predicted molar refractivity (Wildman–Crippen MR) is 114 cm³/mol. The Kier molecular flexibility index (Phi) is 8.68. The van der Waals surface area contributed by atoms with Crippen LogP contribution >= 0.6 is 24.8 Å². The number of para-hydroxylation sites is 1. The molecule has 3 aliphatic rings. The number of nitrogens with zero attached hydrogens (tertiary/aromatic N) is 2. The normalized spacial score (nSPS) is 22.3. The third-order valence-corrected chi connectivity index (χ3v) is 5.95. The molecular formula is C20H31Cl2N3O3. The van der Waals surface area contributed by atoms with Crippen molar-refractivity contribution in [1.29, 1.82) is 0 Å². The number of hydrogen-bond donors (Lipinski definition) is 1. The Hall–Kier alpha value is -1.21. The van der Waals surface area contributed by atoms with Gasteiger partial charge in [-0.05, 0) is 38.1 Å². The van der Waals surface area contributed by atoms with Crippen LogP contribution in [0.2, 0.25) is 0 Å². The second-order valence-electron chi connectivity index (χ2n) is 7.65. The van der Waals surface area contributed by atoms with Crippen molar-refractivity contribution in [3.8, 4) is 5.75 Å². The first-order valence-electron chi connectivity index (χ1n) is 9.85. The van der Waals surface area contributed by atoms with Gasteiger partial charge in [-0.2, -0.15) is 0 Å². The van der Waals surface area contributed by atoms with Crippen LogP contribution in [0.15, 0.2) is 30.3 Å². The Morgan fingerprint density at radius 3 is 2.46 bits per heavy atom. The third kappa shape index (κ3) is 5.44. The molecule has 1 spiro atoms. The number of amides is 1. The summed E-state index contributed by atoms with van der Waals surface area (Å²) >= 11 is 0. The van der Waals surface area contributed by atoms with E-state index in [0.29, 0.717) is 25.7 Å². The van der Waals surface area contributed by atoms with Crippen molar-refractivity contribution in [2.75, 3.05) is 45.9 Å². The van der Waals surface area contributed by atoms with Gasteiger partial charge in [0.05, 0.1) is 13.1 Å². The second kappa shape index (κ2) is 10.5. The van der Waals surface area contributed by atoms with Gasteiger partial charge in [0.2, 0.25) is 0 Å². The Morgan fingerprint density at radius 2 is 1.79 bits per heavy atom. The van der Waals surface area contributed by atoms with Gasteiger partial charge >= 0.3 is 6.09 Å². The Bertz CT molecular complexity index is 606. The van der Waals surface area contributed by atoms with Gasteiger partial charge in [-0.25, -0.2) is 4.79 Å². The highest BCUT2D eigenvalue weighted by Gasteiger charge is 2.47. The number of rotatable bonds is 5. The predicted octanol–water partition coefficient (Wildman–Crippen LogP) is 2.95. The molecular weight excluding hydrogens is 401 g/mol. The number of ether oxygens (including phenoxy) is 2. The minimum Gasteiger partial charge on any atom is -0.492 e. The molecule has 4 rings (SSSR count). The van der Waals surface area contributed by atoms with Gasteiger partial charge in [-0.3, -0.25) is 4.90 Å². The van der Waals surface area contributed by atoms with E-state index in [1.807, 2.05) is 35.2 Å². The summed E-state index contributed by atoms with van der Waals surface area (Å²) in [7, 11) is 0. The van der Waals surface area contributed by atoms with E-state index in [0.717, 1.165) is 44.8 Å². The first-order chi connectivity index (χ1) is 12.7. The van der Waals surface area contributed by atoms with Crippen LogP contribution < -0.4 is 10.1 Å². The maximum atomic E-state index is 12.3. The van der Waals surface area contributed by atoms with Gasteiger partial charge in [0.1, 0.15) is 18.0 Å². The molecule has 0 aromatic heterocycles. The van der Waals surface area contributed by atoms with E-state index >= 15 is 0 Å². The smallest absolute Gasteiger partial charge is 0.410 e. The van der Waals surface area contributed by atoms with Gasteiger partial charge in [0.25, 0.3) is 0 Å². The van der Waals surface area contributed by atoms with E-state index in [9.17, 15) is 4.79 Å². The molecule has 0 radical (unpaired) electrons. The van der Waals surface area contributed by atoms with Crippen LogP contribution in [0.1, 0.15) is 25.7 Å². The van der Waals surface area contributed by atoms with Crippen molar-refractivity contribution in [2.45, 2.75) is 37.3 Å². The number of carbonyl (C=O) groups excluding carboxylic acids is 1. The van der Waals surface area contributed by atoms with Crippen molar-refractivity contribution in [2.24, 2.45) is 0 Å². The van der Waals surface area contributed by atoms with Gasteiger partial charge in [0.15, 0.2) is 0 Å². The Morgan fingerprint density at radius 1 is 1.11 bits per heavy atom. The van der Waals surface area contributed by atoms with E-state index in [2.05, 4.69) is 10.2 Å². The van der Waals surface area contributed by atoms with Gasteiger partial charge < -0.3 is 19.7 Å². The number of benzene rings is 1. The minimum absolute atomic E-state index is 0. The molecule has 0 bridgehead atoms. The quantitative estimate of drug-likeness (QED) is 0.776. The number of hydrogen-bond acceptors (Lipinski definition) is 5. The largest absolute Gasteiger partial charge is 0.492 e. The highest BCUT2D eigenvalue weighted by atomic mass is 35.5. The van der Waals surface area contributed by atoms with Crippen LogP contribution in [0, 0.1) is 0 Å². The zero-order valence-corrected chi connectivity index (χ0v) is 17.8. The Labute approximate surface area is 179 Å². The minimum atomic E-state index is -0.284. The number of halogens is 2. The zero-order chi connectivity index (χ0) is 17.8. The molecule has 1 N–H and O–H groups in total. The number of piperidine rings is 2. The summed E-state index contributed by atoms with van der Waals surface area (Å²) in [5, 5.41) is 3.43. The molecule has 6 nitrogen and oxygen atoms in total. The summed E-state index contributed by atoms with van der Waals surface area (Å²) in [4.78, 5) is 16.7. The highest BCUT2D eigenvalue weighted by Crippen LogP contribution is 2.34. The first-order valence-corrected chi connectivity index (χ1v) is 9.85. The molecule has 158 valence electrons. The summed E-state index contributed by atoms with van der Waals surface area (Å²) in [6, 6.07) is 10.4. The van der Waals surface area contributed by atoms with Crippen LogP contribution in [-0.4, -0.2) is 73.4 Å². The van der Waals surface area contributed by atoms with Crippen LogP contribution in [0.3, 0.4) is 0 Å². The maximum absolute atomic E-state index is 12.3. The molecule has 28 heavy (non-hydrogen) atoms. The zero-order valence-electron chi connectivity index (χ0n) is 16.2. The van der Waals surface area contributed by atoms with Crippen molar-refractivity contribution < 1.29 is 14.3 Å². The molecule has 8 heteroatoms. The summed E-state index contributed by atoms with van der Waals surface area (Å²) in [5.41, 5.74) is -0.284. The van der Waals surface area contributed by atoms with Crippen LogP contribution in [-0.2, 0) is 4.74 Å². The molecule has 3 saturated heterocycles. The molecule has 0 atom stereocenters. The Balaban J connectivity index is 0.00000140. The first kappa shape index (κ1) is 23.1. The molecule has 0 aliphatic carbocycles. The van der Waals surface area contributed by atoms with Gasteiger partial charge in [0, 0.05) is 32.0 Å². The van der Waals surface area contributed by atoms with Gasteiger partial charge in [-0.1, -0.05) is 18.2 Å². The van der Waals surface area contributed by atoms with Crippen LogP contribution in [0.25, 0.3) is 0 Å². The molecule has 0 unspecified atom stereocenters. The lowest BCUT2D eigenvalue weighted by molar-refractivity contribution is -0.0135. The molecule has 3 aliphatic heterocycles. The SMILES string of the molecule is Cl.Cl.O=C1OC2(CCN(C3CCNCC3)CC2)CN1CCOc1ccccc1. The lowest BCUT2D eigenvalue weighted by Crippen LogP contribution is -2.52. The molecule has 1 aromatic rings. The monoisotopic (exact) mass is 431 g/mol. The van der Waals surface area contributed by atoms with E-state index in [1.54, 1.807) is 0 Å². The maximum Gasteiger partial charge on any atom is 0.410 e. The summed E-state index contributed by atoms with van der Waals surface area (Å²) in [6.45, 7) is 6.08. The van der Waals surface area contributed by atoms with Crippen LogP contribution in [0.4, 0.5) is 4.79 Å². The van der Waals surface area contributed by atoms with Crippen molar-refractivity contribution in [3.05, 3.63) is 30.3 Å². The number of nitrogens with one attached hydrogen (secondary N) is 1. The second-order valence-corrected chi connectivity index (χ2v) is 7.65. The fourth-order valence-corrected chi connectivity index (χ4v) is 4.38. The molecule has 3 fully saturated rings. The van der Waals surface area contributed by atoms with Crippen molar-refractivity contribution in [1.82, 2.24) is 15.1 Å². The number of likely N-dealkylation sites (tertiary alicyclic amines) is 1. The topological polar surface area (TPSA) is 54.0 Å². The lowest BCUT2D eigenvalue weighted by Gasteiger charge is -2.42. The third-order valence-electron chi connectivity index (χ3n) is 5.95. The van der Waals surface area contributed by atoms with E-state index in [-0.39, 0.29) is 36.5 Å². The van der Waals surface area contributed by atoms with Gasteiger partial charge in [-0.15, -0.1) is 24.8 Å². The van der Waals surface area contributed by atoms with E-state index < -0.39 is 0 Å². The summed E-state index contributed by atoms with van der Waals surface area (Å²) < 4.78 is 11.6. The molecule has 1 amide bonds. The average molecular weight is 432 g/mol. The van der Waals surface area contributed by atoms with Crippen molar-refractivity contribution >= 4 is 30.9 Å². The standard InChI is InChI=1S/C20H29N3O3.2ClH/c24-19-23(14-15-25-18-4-2-1-3-5-18)16-20(26-19)8-12-22(13-9-20)17-6-10-21-11-7-17;;/h1-5,17,21H,6-16H2;2*1H. The van der Waals surface area contributed by atoms with E-state index in [1.165, 1.54) is 12.8 Å². The fraction of sp³-hybridized carbons (Fsp3) is 0.650. The van der Waals surface area contributed by atoms with Crippen molar-refractivity contribution in [3.63, 3.8) is 0 Å². The highest BCUT2D eigenvalue weighted by molar-refractivity contribution is 5.85.